The highest BCUT2D eigenvalue weighted by Crippen LogP contribution is 2.31. The first-order valence-electron chi connectivity index (χ1n) is 13.9. The van der Waals surface area contributed by atoms with E-state index in [9.17, 15) is 24.4 Å². The molecule has 1 aromatic heterocycles. The largest absolute Gasteiger partial charge is 0.326 e. The lowest BCUT2D eigenvalue weighted by Gasteiger charge is -2.28. The molecule has 1 N–H and O–H groups in total. The fourth-order valence-corrected chi connectivity index (χ4v) is 6.27. The average molecular weight is 582 g/mol. The zero-order valence-corrected chi connectivity index (χ0v) is 24.3. The lowest BCUT2D eigenvalue weighted by atomic mass is 9.87. The van der Waals surface area contributed by atoms with Gasteiger partial charge in [0.05, 0.1) is 23.4 Å². The molecule has 214 valence electrons. The Morgan fingerprint density at radius 3 is 2.55 bits per heavy atom. The van der Waals surface area contributed by atoms with Gasteiger partial charge in [0.15, 0.2) is 0 Å². The van der Waals surface area contributed by atoms with Gasteiger partial charge in [-0.3, -0.25) is 19.2 Å². The quantitative estimate of drug-likeness (QED) is 0.307. The Labute approximate surface area is 248 Å². The lowest BCUT2D eigenvalue weighted by molar-refractivity contribution is -0.136. The fraction of sp³-hybridized carbons (Fsp3) is 0.312. The van der Waals surface area contributed by atoms with E-state index in [2.05, 4.69) is 18.3 Å². The number of benzene rings is 2. The minimum absolute atomic E-state index is 0.0346. The fourth-order valence-electron chi connectivity index (χ4n) is 5.41. The van der Waals surface area contributed by atoms with E-state index in [4.69, 9.17) is 4.98 Å². The Morgan fingerprint density at radius 2 is 1.86 bits per heavy atom. The van der Waals surface area contributed by atoms with Crippen LogP contribution in [0.2, 0.25) is 0 Å². The van der Waals surface area contributed by atoms with Crippen LogP contribution in [0.1, 0.15) is 49.1 Å². The predicted octanol–water partition coefficient (Wildman–Crippen LogP) is 4.49. The number of nitrogens with one attached hydrogen (secondary N) is 1. The van der Waals surface area contributed by atoms with Crippen LogP contribution < -0.4 is 10.2 Å². The number of aromatic nitrogens is 1. The highest BCUT2D eigenvalue weighted by Gasteiger charge is 2.44. The number of nitriles is 1. The van der Waals surface area contributed by atoms with Crippen molar-refractivity contribution in [1.82, 2.24) is 9.88 Å². The molecule has 4 amide bonds. The first-order chi connectivity index (χ1) is 20.2. The number of carbonyl (C=O) groups is 4. The Balaban J connectivity index is 1.37. The number of carbonyl (C=O) groups excluding carboxylic acids is 4. The molecule has 5 rings (SSSR count). The van der Waals surface area contributed by atoms with Crippen molar-refractivity contribution in [2.75, 3.05) is 16.0 Å². The van der Waals surface area contributed by atoms with Crippen molar-refractivity contribution in [3.63, 3.8) is 0 Å². The minimum atomic E-state index is -0.978. The van der Waals surface area contributed by atoms with E-state index in [1.807, 2.05) is 36.4 Å². The lowest BCUT2D eigenvalue weighted by Crippen LogP contribution is -2.45. The van der Waals surface area contributed by atoms with Gasteiger partial charge in [-0.25, -0.2) is 9.88 Å². The monoisotopic (exact) mass is 581 g/mol. The molecule has 1 aliphatic heterocycles. The molecule has 42 heavy (non-hydrogen) atoms. The van der Waals surface area contributed by atoms with E-state index in [0.29, 0.717) is 27.9 Å². The Kier molecular flexibility index (Phi) is 8.69. The summed E-state index contributed by atoms with van der Waals surface area (Å²) in [5.41, 5.74) is 4.24. The summed E-state index contributed by atoms with van der Waals surface area (Å²) in [6.45, 7) is 3.74. The number of hydrogen-bond acceptors (Lipinski definition) is 7. The Bertz CT molecular complexity index is 1570. The van der Waals surface area contributed by atoms with Crippen LogP contribution in [0.3, 0.4) is 0 Å². The number of amides is 4. The molecule has 0 saturated carbocycles. The van der Waals surface area contributed by atoms with Crippen molar-refractivity contribution in [3.8, 4) is 6.07 Å². The van der Waals surface area contributed by atoms with Gasteiger partial charge < -0.3 is 10.2 Å². The van der Waals surface area contributed by atoms with E-state index in [1.165, 1.54) is 23.6 Å². The van der Waals surface area contributed by atoms with Gasteiger partial charge in [-0.05, 0) is 66.6 Å². The average Bonchev–Trinajstić information content (AvgIpc) is 3.27. The molecule has 2 aromatic carbocycles. The Morgan fingerprint density at radius 1 is 1.12 bits per heavy atom. The SMILES string of the molecule is CC(=O)Nc1ccc(N2C(=O)CC(N(Cc3ccccc3)C(=O)CSc3nc4c(cc3C#N)CC(C)CC4)C2=O)cc1. The molecular formula is C32H31N5O4S. The van der Waals surface area contributed by atoms with Gasteiger partial charge in [-0.2, -0.15) is 5.26 Å². The van der Waals surface area contributed by atoms with E-state index < -0.39 is 17.9 Å². The van der Waals surface area contributed by atoms with Gasteiger partial charge in [-0.15, -0.1) is 0 Å². The summed E-state index contributed by atoms with van der Waals surface area (Å²) in [5, 5.41) is 13.0. The van der Waals surface area contributed by atoms with Crippen LogP contribution >= 0.6 is 11.8 Å². The maximum Gasteiger partial charge on any atom is 0.257 e. The van der Waals surface area contributed by atoms with Crippen molar-refractivity contribution in [1.29, 1.82) is 5.26 Å². The molecule has 1 saturated heterocycles. The third-order valence-corrected chi connectivity index (χ3v) is 8.49. The third kappa shape index (κ3) is 6.37. The number of fused-ring (bicyclic) bond motifs is 1. The summed E-state index contributed by atoms with van der Waals surface area (Å²) in [6, 6.07) is 18.9. The highest BCUT2D eigenvalue weighted by atomic mass is 32.2. The summed E-state index contributed by atoms with van der Waals surface area (Å²) in [6.07, 6.45) is 2.61. The van der Waals surface area contributed by atoms with Crippen molar-refractivity contribution in [3.05, 3.63) is 83.0 Å². The van der Waals surface area contributed by atoms with E-state index >= 15 is 0 Å². The normalized spacial score (nSPS) is 17.9. The van der Waals surface area contributed by atoms with Crippen molar-refractivity contribution >= 4 is 46.8 Å². The number of anilines is 2. The summed E-state index contributed by atoms with van der Waals surface area (Å²) >= 11 is 1.19. The number of hydrogen-bond donors (Lipinski definition) is 1. The molecule has 0 bridgehead atoms. The van der Waals surface area contributed by atoms with Crippen LogP contribution in [-0.2, 0) is 38.6 Å². The summed E-state index contributed by atoms with van der Waals surface area (Å²) < 4.78 is 0. The Hall–Kier alpha value is -4.49. The molecular weight excluding hydrogens is 550 g/mol. The third-order valence-electron chi connectivity index (χ3n) is 7.51. The van der Waals surface area contributed by atoms with E-state index in [1.54, 1.807) is 24.3 Å². The zero-order chi connectivity index (χ0) is 29.8. The highest BCUT2D eigenvalue weighted by molar-refractivity contribution is 8.00. The number of thioether (sulfide) groups is 1. The topological polar surface area (TPSA) is 123 Å². The molecule has 2 aliphatic rings. The minimum Gasteiger partial charge on any atom is -0.326 e. The molecule has 0 radical (unpaired) electrons. The molecule has 2 heterocycles. The van der Waals surface area contributed by atoms with Crippen LogP contribution in [0, 0.1) is 17.2 Å². The summed E-state index contributed by atoms with van der Waals surface area (Å²) in [7, 11) is 0. The number of nitrogens with zero attached hydrogens (tertiary/aromatic N) is 4. The van der Waals surface area contributed by atoms with Crippen molar-refractivity contribution < 1.29 is 19.2 Å². The number of rotatable bonds is 8. The second-order valence-corrected chi connectivity index (χ2v) is 11.7. The van der Waals surface area contributed by atoms with Crippen LogP contribution in [-0.4, -0.2) is 45.3 Å². The van der Waals surface area contributed by atoms with Gasteiger partial charge in [0.2, 0.25) is 17.7 Å². The van der Waals surface area contributed by atoms with Gasteiger partial charge in [0.1, 0.15) is 17.1 Å². The molecule has 3 aromatic rings. The van der Waals surface area contributed by atoms with Crippen molar-refractivity contribution in [2.24, 2.45) is 5.92 Å². The molecule has 2 unspecified atom stereocenters. The van der Waals surface area contributed by atoms with E-state index in [0.717, 1.165) is 41.0 Å². The second kappa shape index (κ2) is 12.6. The van der Waals surface area contributed by atoms with Crippen molar-refractivity contribution in [2.45, 2.75) is 57.1 Å². The van der Waals surface area contributed by atoms with Gasteiger partial charge in [0, 0.05) is 24.8 Å². The first kappa shape index (κ1) is 29.0. The maximum atomic E-state index is 13.8. The smallest absolute Gasteiger partial charge is 0.257 e. The second-order valence-electron chi connectivity index (χ2n) is 10.7. The standard InChI is InChI=1S/C32H31N5O4S/c1-20-8-13-27-23(14-20)15-24(17-33)31(35-27)42-19-30(40)36(18-22-6-4-3-5-7-22)28-16-29(39)37(32(28)41)26-11-9-25(10-12-26)34-21(2)38/h3-7,9-12,15,20,28H,8,13-14,16,18-19H2,1-2H3,(H,34,38). The van der Waals surface area contributed by atoms with Gasteiger partial charge >= 0.3 is 0 Å². The molecule has 0 spiro atoms. The van der Waals surface area contributed by atoms with Crippen LogP contribution in [0.25, 0.3) is 0 Å². The number of pyridine rings is 1. The molecule has 1 fully saturated rings. The molecule has 9 nitrogen and oxygen atoms in total. The van der Waals surface area contributed by atoms with Gasteiger partial charge in [-0.1, -0.05) is 49.0 Å². The number of aryl methyl sites for hydroxylation is 1. The van der Waals surface area contributed by atoms with Crippen LogP contribution in [0.4, 0.5) is 11.4 Å². The predicted molar refractivity (Wildman–Crippen MR) is 160 cm³/mol. The maximum absolute atomic E-state index is 13.8. The van der Waals surface area contributed by atoms with Crippen LogP contribution in [0.15, 0.2) is 65.7 Å². The first-order valence-corrected chi connectivity index (χ1v) is 14.9. The van der Waals surface area contributed by atoms with E-state index in [-0.39, 0.29) is 30.5 Å². The van der Waals surface area contributed by atoms with Crippen LogP contribution in [0.5, 0.6) is 0 Å². The summed E-state index contributed by atoms with van der Waals surface area (Å²) in [5.74, 6) is -0.944. The van der Waals surface area contributed by atoms with Gasteiger partial charge in [0.25, 0.3) is 5.91 Å². The molecule has 2 atom stereocenters. The zero-order valence-electron chi connectivity index (χ0n) is 23.5. The number of imide groups is 1. The molecule has 10 heteroatoms. The summed E-state index contributed by atoms with van der Waals surface area (Å²) in [4.78, 5) is 59.2. The molecule has 1 aliphatic carbocycles.